The number of anilines is 2. The fourth-order valence-electron chi connectivity index (χ4n) is 6.65. The molecule has 2 atom stereocenters. The molecule has 2 bridgehead atoms. The van der Waals surface area contributed by atoms with Gasteiger partial charge in [-0.05, 0) is 78.8 Å². The van der Waals surface area contributed by atoms with Crippen LogP contribution in [0, 0.1) is 5.82 Å². The van der Waals surface area contributed by atoms with Gasteiger partial charge < -0.3 is 19.7 Å². The third kappa shape index (κ3) is 6.38. The van der Waals surface area contributed by atoms with E-state index in [0.717, 1.165) is 0 Å². The molecule has 1 spiro atoms. The summed E-state index contributed by atoms with van der Waals surface area (Å²) in [6.45, 7) is 0.591. The van der Waals surface area contributed by atoms with Crippen LogP contribution in [0.3, 0.4) is 0 Å². The summed E-state index contributed by atoms with van der Waals surface area (Å²) < 4.78 is 26.0. The highest BCUT2D eigenvalue weighted by Crippen LogP contribution is 2.44. The summed E-state index contributed by atoms with van der Waals surface area (Å²) in [5.41, 5.74) is 2.92. The number of likely N-dealkylation sites (tertiary alicyclic amines) is 1. The quantitative estimate of drug-likeness (QED) is 0.317. The Morgan fingerprint density at radius 2 is 1.89 bits per heavy atom. The number of nitrogens with one attached hydrogen (secondary N) is 2. The van der Waals surface area contributed by atoms with Gasteiger partial charge in [-0.15, -0.1) is 0 Å². The minimum absolute atomic E-state index is 0.0179. The van der Waals surface area contributed by atoms with Gasteiger partial charge in [0, 0.05) is 34.8 Å². The van der Waals surface area contributed by atoms with Crippen molar-refractivity contribution in [3.05, 3.63) is 82.1 Å². The van der Waals surface area contributed by atoms with Crippen molar-refractivity contribution in [3.63, 3.8) is 0 Å². The first-order chi connectivity index (χ1) is 21.6. The van der Waals surface area contributed by atoms with E-state index in [1.54, 1.807) is 47.4 Å². The van der Waals surface area contributed by atoms with E-state index in [1.807, 2.05) is 0 Å². The number of methoxy groups -OCH3 is 1. The van der Waals surface area contributed by atoms with Crippen molar-refractivity contribution in [2.24, 2.45) is 0 Å². The van der Waals surface area contributed by atoms with Crippen molar-refractivity contribution >= 4 is 46.9 Å². The number of piperidine rings is 1. The molecule has 3 amide bonds. The summed E-state index contributed by atoms with van der Waals surface area (Å²) in [6, 6.07) is 14.9. The number of fused-ring (bicyclic) bond motifs is 6. The van der Waals surface area contributed by atoms with Crippen LogP contribution in [0.2, 0.25) is 5.02 Å². The highest BCUT2D eigenvalue weighted by Gasteiger charge is 2.47. The van der Waals surface area contributed by atoms with E-state index >= 15 is 4.39 Å². The van der Waals surface area contributed by atoms with E-state index in [1.165, 1.54) is 19.2 Å². The number of ether oxygens (including phenoxy) is 2. The van der Waals surface area contributed by atoms with Crippen LogP contribution in [0.5, 0.6) is 0 Å². The first-order valence-electron chi connectivity index (χ1n) is 15.0. The van der Waals surface area contributed by atoms with Crippen molar-refractivity contribution in [2.45, 2.75) is 56.5 Å². The Morgan fingerprint density at radius 3 is 2.71 bits per heavy atom. The maximum Gasteiger partial charge on any atom is 0.412 e. The molecule has 0 unspecified atom stereocenters. The zero-order valence-electron chi connectivity index (χ0n) is 24.8. The fourth-order valence-corrected chi connectivity index (χ4v) is 6.82. The second kappa shape index (κ2) is 12.5. The number of carbonyl (C=O) groups excluding carboxylic acids is 4. The Bertz CT molecular complexity index is 1700. The van der Waals surface area contributed by atoms with Crippen molar-refractivity contribution in [2.75, 3.05) is 30.8 Å². The molecule has 45 heavy (non-hydrogen) atoms. The van der Waals surface area contributed by atoms with Crippen molar-refractivity contribution in [1.29, 1.82) is 0 Å². The van der Waals surface area contributed by atoms with Gasteiger partial charge in [0.15, 0.2) is 5.60 Å². The van der Waals surface area contributed by atoms with Crippen LogP contribution in [-0.2, 0) is 35.9 Å². The summed E-state index contributed by atoms with van der Waals surface area (Å²) in [6.07, 6.45) is 2.26. The summed E-state index contributed by atoms with van der Waals surface area (Å²) in [5.74, 6) is -2.03. The molecule has 0 radical (unpaired) electrons. The molecule has 11 heteroatoms. The number of rotatable bonds is 3. The van der Waals surface area contributed by atoms with Crippen LogP contribution in [-0.4, -0.2) is 49.0 Å². The smallest absolute Gasteiger partial charge is 0.412 e. The fraction of sp³-hybridized carbons (Fsp3) is 0.353. The number of nitrogens with zero attached hydrogens (tertiary/aromatic N) is 1. The molecule has 6 rings (SSSR count). The lowest BCUT2D eigenvalue weighted by atomic mass is 9.82. The van der Waals surface area contributed by atoms with Gasteiger partial charge in [-0.25, -0.2) is 9.18 Å². The van der Waals surface area contributed by atoms with Gasteiger partial charge in [0.1, 0.15) is 5.82 Å². The van der Waals surface area contributed by atoms with Crippen LogP contribution in [0.4, 0.5) is 20.6 Å². The topological polar surface area (TPSA) is 114 Å². The SMILES string of the molecule is COC(=O)Cc1ccc2c(c1)NC(=O)CCCC[C@H](C(=O)N1CCC[C@@]3(C1)OC(=O)Nc1ccc(Cl)cc13)c1cc(F)cc-2c1. The molecular formula is C34H33ClFN3O6. The average molecular weight is 634 g/mol. The van der Waals surface area contributed by atoms with E-state index in [2.05, 4.69) is 10.6 Å². The predicted molar refractivity (Wildman–Crippen MR) is 166 cm³/mol. The number of halogens is 2. The van der Waals surface area contributed by atoms with Crippen LogP contribution >= 0.6 is 11.6 Å². The minimum atomic E-state index is -1.06. The van der Waals surface area contributed by atoms with E-state index in [4.69, 9.17) is 21.1 Å². The molecule has 3 aliphatic heterocycles. The van der Waals surface area contributed by atoms with Crippen molar-refractivity contribution in [1.82, 2.24) is 4.90 Å². The summed E-state index contributed by atoms with van der Waals surface area (Å²) in [7, 11) is 1.31. The second-order valence-corrected chi connectivity index (χ2v) is 12.3. The number of benzene rings is 3. The highest BCUT2D eigenvalue weighted by atomic mass is 35.5. The van der Waals surface area contributed by atoms with Crippen LogP contribution in [0.1, 0.15) is 61.1 Å². The molecule has 3 heterocycles. The van der Waals surface area contributed by atoms with E-state index < -0.39 is 29.4 Å². The van der Waals surface area contributed by atoms with E-state index in [0.29, 0.717) is 82.9 Å². The van der Waals surface area contributed by atoms with Gasteiger partial charge in [-0.2, -0.15) is 0 Å². The summed E-state index contributed by atoms with van der Waals surface area (Å²) in [5, 5.41) is 6.14. The molecule has 3 aliphatic rings. The molecule has 3 aromatic rings. The van der Waals surface area contributed by atoms with Crippen LogP contribution < -0.4 is 10.6 Å². The van der Waals surface area contributed by atoms with Gasteiger partial charge in [0.25, 0.3) is 0 Å². The third-order valence-electron chi connectivity index (χ3n) is 8.78. The van der Waals surface area contributed by atoms with Gasteiger partial charge in [0.2, 0.25) is 11.8 Å². The molecule has 0 saturated carbocycles. The Kier molecular flexibility index (Phi) is 8.50. The van der Waals surface area contributed by atoms with Crippen molar-refractivity contribution in [3.8, 4) is 11.1 Å². The zero-order valence-corrected chi connectivity index (χ0v) is 25.5. The largest absolute Gasteiger partial charge is 0.469 e. The molecular weight excluding hydrogens is 601 g/mol. The van der Waals surface area contributed by atoms with Gasteiger partial charge in [-0.1, -0.05) is 36.2 Å². The zero-order chi connectivity index (χ0) is 31.7. The molecule has 2 N–H and O–H groups in total. The van der Waals surface area contributed by atoms with Crippen LogP contribution in [0.25, 0.3) is 11.1 Å². The molecule has 9 nitrogen and oxygen atoms in total. The Balaban J connectivity index is 1.36. The maximum atomic E-state index is 15.3. The Morgan fingerprint density at radius 1 is 1.04 bits per heavy atom. The van der Waals surface area contributed by atoms with Gasteiger partial charge in [-0.3, -0.25) is 19.7 Å². The minimum Gasteiger partial charge on any atom is -0.469 e. The van der Waals surface area contributed by atoms with Crippen LogP contribution in [0.15, 0.2) is 54.6 Å². The third-order valence-corrected chi connectivity index (χ3v) is 9.01. The second-order valence-electron chi connectivity index (χ2n) is 11.8. The van der Waals surface area contributed by atoms with E-state index in [9.17, 15) is 19.2 Å². The normalized spacial score (nSPS) is 21.2. The number of carbonyl (C=O) groups is 4. The predicted octanol–water partition coefficient (Wildman–Crippen LogP) is 6.54. The Hall–Kier alpha value is -4.44. The highest BCUT2D eigenvalue weighted by molar-refractivity contribution is 6.30. The maximum absolute atomic E-state index is 15.3. The summed E-state index contributed by atoms with van der Waals surface area (Å²) in [4.78, 5) is 53.5. The molecule has 0 aromatic heterocycles. The molecule has 234 valence electrons. The first kappa shape index (κ1) is 30.6. The molecule has 1 saturated heterocycles. The lowest BCUT2D eigenvalue weighted by molar-refractivity contribution is -0.141. The lowest BCUT2D eigenvalue weighted by Crippen LogP contribution is -2.54. The lowest BCUT2D eigenvalue weighted by Gasteiger charge is -2.45. The van der Waals surface area contributed by atoms with E-state index in [-0.39, 0.29) is 31.2 Å². The molecule has 1 fully saturated rings. The van der Waals surface area contributed by atoms with Crippen molar-refractivity contribution < 1.29 is 33.0 Å². The molecule has 0 aliphatic carbocycles. The average Bonchev–Trinajstić information content (AvgIpc) is 3.00. The number of hydrogen-bond acceptors (Lipinski definition) is 6. The number of hydrogen-bond donors (Lipinski definition) is 2. The van der Waals surface area contributed by atoms with Gasteiger partial charge in [0.05, 0.1) is 31.7 Å². The first-order valence-corrected chi connectivity index (χ1v) is 15.4. The Labute approximate surface area is 265 Å². The monoisotopic (exact) mass is 633 g/mol. The van der Waals surface area contributed by atoms with Gasteiger partial charge >= 0.3 is 12.1 Å². The standard InChI is InChI=1S/C34H33ClFN3O6/c1-44-31(41)14-20-7-9-25-21-15-22(17-24(36)16-21)26(5-2-3-6-30(40)37-29(25)13-20)32(42)39-12-4-11-34(19-39)27-18-23(35)8-10-28(27)38-33(43)45-34/h7-10,13,15-18,26H,2-6,11-12,14,19H2,1H3,(H,37,40)(H,38,43)/t26-,34-/m0/s1. The number of amides is 3. The number of esters is 1. The molecule has 3 aromatic carbocycles. The summed E-state index contributed by atoms with van der Waals surface area (Å²) >= 11 is 6.33.